The summed E-state index contributed by atoms with van der Waals surface area (Å²) in [6, 6.07) is 14.5. The topological polar surface area (TPSA) is 53.0 Å². The van der Waals surface area contributed by atoms with Gasteiger partial charge < -0.3 is 9.90 Å². The molecular weight excluding hydrogens is 437 g/mol. The third kappa shape index (κ3) is 3.87. The Labute approximate surface area is 186 Å². The molecule has 0 atom stereocenters. The van der Waals surface area contributed by atoms with E-state index in [-0.39, 0.29) is 56.9 Å². The average molecular weight is 445 g/mol. The summed E-state index contributed by atoms with van der Waals surface area (Å²) in [4.78, 5) is 15.9. The Bertz CT molecular complexity index is 851. The normalized spacial score (nSPS) is 10.3. The molecule has 0 bridgehead atoms. The van der Waals surface area contributed by atoms with Crippen LogP contribution in [0.1, 0.15) is 10.4 Å². The summed E-state index contributed by atoms with van der Waals surface area (Å²) in [5.74, 6) is -1.21. The van der Waals surface area contributed by atoms with Crippen molar-refractivity contribution in [2.24, 2.45) is 0 Å². The Hall–Kier alpha value is -0.0836. The number of hydrogen-bond acceptors (Lipinski definition) is 3. The van der Waals surface area contributed by atoms with E-state index in [9.17, 15) is 9.90 Å². The number of halogens is 2. The zero-order valence-electron chi connectivity index (χ0n) is 11.6. The van der Waals surface area contributed by atoms with Crippen LogP contribution in [0.5, 0.6) is 0 Å². The molecule has 2 aromatic carbocycles. The summed E-state index contributed by atoms with van der Waals surface area (Å²) in [5, 5.41) is 12.0. The number of hydrogen-bond donors (Lipinski definition) is 0. The van der Waals surface area contributed by atoms with Crippen LogP contribution in [0.3, 0.4) is 0 Å². The predicted octanol–water partition coefficient (Wildman–Crippen LogP) is 0.794. The van der Waals surface area contributed by atoms with Gasteiger partial charge in [0.2, 0.25) is 0 Å². The second-order valence-corrected chi connectivity index (χ2v) is 6.34. The molecule has 0 aliphatic heterocycles. The Morgan fingerprint density at radius 3 is 2.23 bits per heavy atom. The second kappa shape index (κ2) is 7.66. The number of carboxylic acid groups (broad SMARTS) is 1. The molecule has 0 saturated heterocycles. The molecule has 1 heterocycles. The number of benzene rings is 2. The molecule has 3 nitrogen and oxygen atoms in total. The van der Waals surface area contributed by atoms with Gasteiger partial charge in [-0.3, -0.25) is 0 Å². The number of aromatic nitrogens is 1. The Morgan fingerprint density at radius 1 is 0.955 bits per heavy atom. The van der Waals surface area contributed by atoms with Crippen molar-refractivity contribution in [1.82, 2.24) is 4.98 Å². The van der Waals surface area contributed by atoms with Crippen molar-refractivity contribution in [3.05, 3.63) is 63.0 Å². The van der Waals surface area contributed by atoms with E-state index in [2.05, 4.69) is 36.8 Å². The van der Waals surface area contributed by atoms with Crippen LogP contribution in [0, 0.1) is 0 Å². The summed E-state index contributed by atoms with van der Waals surface area (Å²) in [6.07, 6.45) is 0. The van der Waals surface area contributed by atoms with Gasteiger partial charge in [0.05, 0.1) is 17.2 Å². The molecule has 0 radical (unpaired) electrons. The molecule has 6 heteroatoms. The summed E-state index contributed by atoms with van der Waals surface area (Å²) in [5.41, 5.74) is 2.22. The van der Waals surface area contributed by atoms with E-state index in [1.807, 2.05) is 30.3 Å². The van der Waals surface area contributed by atoms with E-state index >= 15 is 0 Å². The van der Waals surface area contributed by atoms with Gasteiger partial charge in [0, 0.05) is 25.5 Å². The maximum Gasteiger partial charge on any atom is 1.00 e. The molecule has 104 valence electrons. The van der Waals surface area contributed by atoms with Crippen LogP contribution in [0.15, 0.2) is 57.5 Å². The largest absolute Gasteiger partial charge is 1.00 e. The van der Waals surface area contributed by atoms with Crippen molar-refractivity contribution in [1.29, 1.82) is 0 Å². The first-order valence-electron chi connectivity index (χ1n) is 6.12. The van der Waals surface area contributed by atoms with Gasteiger partial charge in [-0.1, -0.05) is 44.0 Å². The smallest absolute Gasteiger partial charge is 0.545 e. The minimum Gasteiger partial charge on any atom is -0.545 e. The molecule has 0 fully saturated rings. The Kier molecular flexibility index (Phi) is 6.35. The second-order valence-electron chi connectivity index (χ2n) is 4.51. The van der Waals surface area contributed by atoms with E-state index in [4.69, 9.17) is 0 Å². The summed E-state index contributed by atoms with van der Waals surface area (Å²) >= 11 is 6.71. The first kappa shape index (κ1) is 18.3. The molecule has 0 saturated carbocycles. The first-order valence-corrected chi connectivity index (χ1v) is 7.71. The number of carbonyl (C=O) groups excluding carboxylic acids is 1. The van der Waals surface area contributed by atoms with Gasteiger partial charge in [-0.25, -0.2) is 4.98 Å². The Morgan fingerprint density at radius 2 is 1.59 bits per heavy atom. The first-order chi connectivity index (χ1) is 10.0. The third-order valence-electron chi connectivity index (χ3n) is 3.13. The van der Waals surface area contributed by atoms with Crippen LogP contribution in [-0.2, 0) is 0 Å². The number of carbonyl (C=O) groups is 1. The van der Waals surface area contributed by atoms with Gasteiger partial charge in [-0.15, -0.1) is 0 Å². The fourth-order valence-electron chi connectivity index (χ4n) is 2.14. The van der Waals surface area contributed by atoms with Gasteiger partial charge in [-0.05, 0) is 36.4 Å². The molecule has 3 aromatic rings. The average Bonchev–Trinajstić information content (AvgIpc) is 2.46. The van der Waals surface area contributed by atoms with E-state index in [0.717, 1.165) is 14.5 Å². The van der Waals surface area contributed by atoms with Crippen LogP contribution in [0.25, 0.3) is 22.2 Å². The van der Waals surface area contributed by atoms with Crippen molar-refractivity contribution < 1.29 is 61.3 Å². The van der Waals surface area contributed by atoms with Crippen molar-refractivity contribution in [3.8, 4) is 11.3 Å². The van der Waals surface area contributed by atoms with E-state index in [1.165, 1.54) is 0 Å². The monoisotopic (exact) mass is 443 g/mol. The van der Waals surface area contributed by atoms with Crippen molar-refractivity contribution >= 4 is 48.7 Å². The van der Waals surface area contributed by atoms with E-state index < -0.39 is 5.97 Å². The molecule has 0 unspecified atom stereocenters. The number of pyridine rings is 1. The van der Waals surface area contributed by atoms with Crippen molar-refractivity contribution in [3.63, 3.8) is 0 Å². The van der Waals surface area contributed by atoms with E-state index in [0.29, 0.717) is 16.6 Å². The van der Waals surface area contributed by atoms with Crippen LogP contribution < -0.4 is 56.5 Å². The van der Waals surface area contributed by atoms with Crippen molar-refractivity contribution in [2.45, 2.75) is 0 Å². The maximum atomic E-state index is 11.4. The number of aromatic carboxylic acids is 1. The molecular formula is C16H8Br2KNO2. The van der Waals surface area contributed by atoms with Crippen molar-refractivity contribution in [2.75, 3.05) is 0 Å². The standard InChI is InChI=1S/C16H9Br2NO2.K/c17-10-3-1-9(2-4-10)15-8-13(16(20)21)12-7-11(18)5-6-14(12)19-15;/h1-8H,(H,20,21);/q;+1/p-1. The zero-order chi connectivity index (χ0) is 15.0. The van der Waals surface area contributed by atoms with Gasteiger partial charge >= 0.3 is 51.4 Å². The molecule has 0 N–H and O–H groups in total. The van der Waals surface area contributed by atoms with Crippen LogP contribution in [0.4, 0.5) is 0 Å². The fraction of sp³-hybridized carbons (Fsp3) is 0. The number of nitrogens with zero attached hydrogens (tertiary/aromatic N) is 1. The third-order valence-corrected chi connectivity index (χ3v) is 4.15. The fourth-order valence-corrected chi connectivity index (χ4v) is 2.76. The summed E-state index contributed by atoms with van der Waals surface area (Å²) in [6.45, 7) is 0. The minimum absolute atomic E-state index is 0. The molecule has 22 heavy (non-hydrogen) atoms. The van der Waals surface area contributed by atoms with Gasteiger partial charge in [0.25, 0.3) is 0 Å². The number of rotatable bonds is 2. The van der Waals surface area contributed by atoms with Gasteiger partial charge in [0.1, 0.15) is 0 Å². The molecule has 3 rings (SSSR count). The zero-order valence-corrected chi connectivity index (χ0v) is 17.9. The summed E-state index contributed by atoms with van der Waals surface area (Å²) in [7, 11) is 0. The van der Waals surface area contributed by atoms with E-state index in [1.54, 1.807) is 18.2 Å². The predicted molar refractivity (Wildman–Crippen MR) is 86.9 cm³/mol. The molecule has 0 aliphatic rings. The molecule has 0 spiro atoms. The molecule has 0 amide bonds. The molecule has 0 aliphatic carbocycles. The number of fused-ring (bicyclic) bond motifs is 1. The van der Waals surface area contributed by atoms with Gasteiger partial charge in [0.15, 0.2) is 0 Å². The molecule has 1 aromatic heterocycles. The number of carboxylic acids is 1. The van der Waals surface area contributed by atoms with Crippen LogP contribution in [-0.4, -0.2) is 11.0 Å². The summed E-state index contributed by atoms with van der Waals surface area (Å²) < 4.78 is 1.76. The van der Waals surface area contributed by atoms with Gasteiger partial charge in [-0.2, -0.15) is 0 Å². The van der Waals surface area contributed by atoms with Crippen LogP contribution >= 0.6 is 31.9 Å². The SMILES string of the molecule is O=C([O-])c1cc(-c2ccc(Br)cc2)nc2ccc(Br)cc12.[K+]. The quantitative estimate of drug-likeness (QED) is 0.549. The Balaban J connectivity index is 0.00000176. The minimum atomic E-state index is -1.21. The van der Waals surface area contributed by atoms with Crippen LogP contribution in [0.2, 0.25) is 0 Å². The maximum absolute atomic E-state index is 11.4.